The molecule has 3 unspecified atom stereocenters. The van der Waals surface area contributed by atoms with E-state index in [0.717, 1.165) is 0 Å². The van der Waals surface area contributed by atoms with Crippen LogP contribution in [-0.2, 0) is 28.1 Å². The molecule has 3 aromatic rings. The molecule has 2 bridgehead atoms. The number of carbonyl (C=O) groups is 1. The lowest BCUT2D eigenvalue weighted by Crippen LogP contribution is -2.46. The Balaban J connectivity index is 1.36. The van der Waals surface area contributed by atoms with E-state index in [0.29, 0.717) is 11.2 Å². The number of esters is 1. The van der Waals surface area contributed by atoms with Crippen molar-refractivity contribution in [2.24, 2.45) is 0 Å². The molecule has 6 atom stereocenters. The first-order valence-corrected chi connectivity index (χ1v) is 13.5. The number of aliphatic hydroxyl groups excluding tert-OH is 1. The third-order valence-electron chi connectivity index (χ3n) is 6.17. The summed E-state index contributed by atoms with van der Waals surface area (Å²) < 4.78 is 44.2. The van der Waals surface area contributed by atoms with E-state index in [1.165, 1.54) is 19.6 Å². The van der Waals surface area contributed by atoms with Crippen LogP contribution in [-0.4, -0.2) is 73.8 Å². The van der Waals surface area contributed by atoms with E-state index in [1.54, 1.807) is 48.7 Å². The third-order valence-corrected chi connectivity index (χ3v) is 7.80. The molecule has 2 fully saturated rings. The molecule has 0 saturated carbocycles. The molecular formula is C23H29N6O8P. The minimum absolute atomic E-state index is 0.0324. The number of hydrogen-bond acceptors (Lipinski definition) is 12. The largest absolute Gasteiger partial charge is 0.462 e. The van der Waals surface area contributed by atoms with Crippen LogP contribution in [0.4, 0.5) is 5.82 Å². The van der Waals surface area contributed by atoms with Crippen LogP contribution in [0.5, 0.6) is 5.75 Å². The number of nitrogens with two attached hydrogens (primary N) is 1. The Bertz CT molecular complexity index is 1360. The van der Waals surface area contributed by atoms with Gasteiger partial charge in [0.25, 0.3) is 0 Å². The van der Waals surface area contributed by atoms with Crippen molar-refractivity contribution >= 4 is 30.7 Å². The van der Waals surface area contributed by atoms with Crippen molar-refractivity contribution in [3.63, 3.8) is 0 Å². The minimum Gasteiger partial charge on any atom is -0.462 e. The number of rotatable bonds is 10. The molecule has 204 valence electrons. The molecule has 2 aliphatic rings. The zero-order chi connectivity index (χ0) is 27.1. The van der Waals surface area contributed by atoms with Crippen LogP contribution in [0.2, 0.25) is 0 Å². The number of imidazole rings is 1. The van der Waals surface area contributed by atoms with E-state index >= 15 is 0 Å². The lowest BCUT2D eigenvalue weighted by atomic mass is 10.0. The van der Waals surface area contributed by atoms with Crippen LogP contribution < -0.4 is 15.3 Å². The Kier molecular flexibility index (Phi) is 7.11. The minimum atomic E-state index is -4.19. The van der Waals surface area contributed by atoms with Crippen molar-refractivity contribution in [3.8, 4) is 5.75 Å². The molecule has 14 nitrogen and oxygen atoms in total. The molecule has 2 saturated heterocycles. The highest BCUT2D eigenvalue weighted by atomic mass is 31.2. The van der Waals surface area contributed by atoms with Gasteiger partial charge in [-0.1, -0.05) is 18.2 Å². The molecular weight excluding hydrogens is 519 g/mol. The van der Waals surface area contributed by atoms with Gasteiger partial charge < -0.3 is 29.6 Å². The van der Waals surface area contributed by atoms with Crippen molar-refractivity contribution < 1.29 is 37.7 Å². The SMILES string of the molecule is CC(C)OC(=O)[C@@H](C)NP(=O)(OC[C@@]12COC(C(n3cnc4c(N)ncnc43)O1)[C@@H]2O)Oc1ccccc1. The zero-order valence-corrected chi connectivity index (χ0v) is 21.9. The summed E-state index contributed by atoms with van der Waals surface area (Å²) in [6, 6.07) is 7.33. The first-order chi connectivity index (χ1) is 18.1. The van der Waals surface area contributed by atoms with Crippen molar-refractivity contribution in [1.29, 1.82) is 0 Å². The lowest BCUT2D eigenvalue weighted by molar-refractivity contribution is -0.183. The smallest absolute Gasteiger partial charge is 0.459 e. The van der Waals surface area contributed by atoms with Crippen molar-refractivity contribution in [3.05, 3.63) is 43.0 Å². The standard InChI is InChI=1S/C23H29N6O8P/c1-13(2)35-22(31)14(3)28-38(32,37-15-7-5-4-6-8-15)34-10-23-9-33-17(18(23)30)21(36-23)29-12-27-16-19(24)25-11-26-20(16)29/h4-8,11-14,17-18,21,30H,9-10H2,1-3H3,(H,28,32)(H2,24,25,26)/t14-,17?,18+,21?,23-,38?/m1/s1. The van der Waals surface area contributed by atoms with Gasteiger partial charge in [0.15, 0.2) is 17.7 Å². The number of para-hydroxylation sites is 1. The molecule has 2 aromatic heterocycles. The van der Waals surface area contributed by atoms with E-state index in [4.69, 9.17) is 29.0 Å². The highest BCUT2D eigenvalue weighted by Gasteiger charge is 2.63. The van der Waals surface area contributed by atoms with Crippen LogP contribution >= 0.6 is 7.75 Å². The number of nitrogens with zero attached hydrogens (tertiary/aromatic N) is 4. The summed E-state index contributed by atoms with van der Waals surface area (Å²) in [6.45, 7) is 4.48. The van der Waals surface area contributed by atoms with E-state index in [9.17, 15) is 14.5 Å². The van der Waals surface area contributed by atoms with Gasteiger partial charge in [0, 0.05) is 0 Å². The van der Waals surface area contributed by atoms with E-state index < -0.39 is 43.8 Å². The van der Waals surface area contributed by atoms with Crippen LogP contribution in [0.15, 0.2) is 43.0 Å². The number of aliphatic hydroxyl groups is 1. The van der Waals surface area contributed by atoms with Crippen LogP contribution in [0.1, 0.15) is 27.0 Å². The number of nitrogens with one attached hydrogen (secondary N) is 1. The lowest BCUT2D eigenvalue weighted by Gasteiger charge is -2.32. The fraction of sp³-hybridized carbons (Fsp3) is 0.478. The fourth-order valence-corrected chi connectivity index (χ4v) is 5.87. The van der Waals surface area contributed by atoms with Gasteiger partial charge in [-0.2, -0.15) is 5.09 Å². The molecule has 1 aromatic carbocycles. The number of anilines is 1. The van der Waals surface area contributed by atoms with Crippen LogP contribution in [0, 0.1) is 0 Å². The summed E-state index contributed by atoms with van der Waals surface area (Å²) in [5.74, 6) is -0.182. The predicted octanol–water partition coefficient (Wildman–Crippen LogP) is 1.57. The molecule has 4 N–H and O–H groups in total. The van der Waals surface area contributed by atoms with Crippen LogP contribution in [0.3, 0.4) is 0 Å². The maximum atomic E-state index is 13.9. The molecule has 38 heavy (non-hydrogen) atoms. The molecule has 0 radical (unpaired) electrons. The first-order valence-electron chi connectivity index (χ1n) is 12.0. The zero-order valence-electron chi connectivity index (χ0n) is 21.0. The number of benzene rings is 1. The summed E-state index contributed by atoms with van der Waals surface area (Å²) in [5.41, 5.74) is 5.29. The number of hydrogen-bond donors (Lipinski definition) is 3. The Labute approximate surface area is 218 Å². The molecule has 0 spiro atoms. The molecule has 5 rings (SSSR count). The fourth-order valence-electron chi connectivity index (χ4n) is 4.32. The average Bonchev–Trinajstić information content (AvgIpc) is 3.53. The average molecular weight is 548 g/mol. The topological polar surface area (TPSA) is 182 Å². The highest BCUT2D eigenvalue weighted by molar-refractivity contribution is 7.52. The van der Waals surface area contributed by atoms with Crippen LogP contribution in [0.25, 0.3) is 11.2 Å². The second kappa shape index (κ2) is 10.2. The van der Waals surface area contributed by atoms with Gasteiger partial charge in [-0.3, -0.25) is 13.9 Å². The highest BCUT2D eigenvalue weighted by Crippen LogP contribution is 2.50. The number of ether oxygens (including phenoxy) is 3. The van der Waals surface area contributed by atoms with E-state index in [-0.39, 0.29) is 30.9 Å². The van der Waals surface area contributed by atoms with Gasteiger partial charge in [0.1, 0.15) is 41.4 Å². The first kappa shape index (κ1) is 26.5. The molecule has 2 aliphatic heterocycles. The number of aromatic nitrogens is 4. The number of carbonyl (C=O) groups excluding carboxylic acids is 1. The molecule has 0 aliphatic carbocycles. The van der Waals surface area contributed by atoms with Gasteiger partial charge in [-0.05, 0) is 32.9 Å². The third kappa shape index (κ3) is 4.98. The predicted molar refractivity (Wildman–Crippen MR) is 133 cm³/mol. The summed E-state index contributed by atoms with van der Waals surface area (Å²) in [6.07, 6.45) is -0.338. The summed E-state index contributed by atoms with van der Waals surface area (Å²) in [7, 11) is -4.19. The van der Waals surface area contributed by atoms with Gasteiger partial charge in [0.05, 0.1) is 25.6 Å². The second-order valence-electron chi connectivity index (χ2n) is 9.39. The Morgan fingerprint density at radius 3 is 2.79 bits per heavy atom. The molecule has 4 heterocycles. The van der Waals surface area contributed by atoms with Gasteiger partial charge in [0.2, 0.25) is 0 Å². The second-order valence-corrected chi connectivity index (χ2v) is 11.1. The van der Waals surface area contributed by atoms with E-state index in [1.807, 2.05) is 0 Å². The van der Waals surface area contributed by atoms with E-state index in [2.05, 4.69) is 20.0 Å². The van der Waals surface area contributed by atoms with Crippen molar-refractivity contribution in [2.75, 3.05) is 18.9 Å². The Morgan fingerprint density at radius 1 is 1.29 bits per heavy atom. The maximum Gasteiger partial charge on any atom is 0.459 e. The summed E-state index contributed by atoms with van der Waals surface area (Å²) >= 11 is 0. The van der Waals surface area contributed by atoms with Gasteiger partial charge in [-0.15, -0.1) is 0 Å². The van der Waals surface area contributed by atoms with Crippen molar-refractivity contribution in [2.45, 2.75) is 57.0 Å². The summed E-state index contributed by atoms with van der Waals surface area (Å²) in [5, 5.41) is 13.7. The normalized spacial score (nSPS) is 26.9. The van der Waals surface area contributed by atoms with Gasteiger partial charge in [-0.25, -0.2) is 19.5 Å². The quantitative estimate of drug-likeness (QED) is 0.245. The Morgan fingerprint density at radius 2 is 2.05 bits per heavy atom. The maximum absolute atomic E-state index is 13.9. The van der Waals surface area contributed by atoms with Gasteiger partial charge >= 0.3 is 13.7 Å². The summed E-state index contributed by atoms with van der Waals surface area (Å²) in [4.78, 5) is 24.8. The Hall–Kier alpha value is -3.13. The number of fused-ring (bicyclic) bond motifs is 3. The molecule has 15 heteroatoms. The monoisotopic (exact) mass is 548 g/mol. The number of nitrogen functional groups attached to an aromatic ring is 1. The molecule has 0 amide bonds. The van der Waals surface area contributed by atoms with Crippen molar-refractivity contribution in [1.82, 2.24) is 24.6 Å².